The number of hydrogen-bond donors (Lipinski definition) is 1. The quantitative estimate of drug-likeness (QED) is 0.749. The molecule has 25 heavy (non-hydrogen) atoms. The molecule has 2 heterocycles. The fourth-order valence-corrected chi connectivity index (χ4v) is 2.69. The second-order valence-corrected chi connectivity index (χ2v) is 5.80. The second kappa shape index (κ2) is 7.70. The minimum absolute atomic E-state index is 0.0177. The standard InChI is InChI=1S/C19H20N4O2/c1-2-7-18(24)21-12-17-15-9-3-4-10-16(15)19(25)23(22-17)13-14-8-5-6-11-20-14/h3-6,8-11H,2,7,12-13H2,1H3,(H,21,24). The van der Waals surface area contributed by atoms with Gasteiger partial charge in [-0.25, -0.2) is 4.68 Å². The number of aromatic nitrogens is 3. The molecule has 0 atom stereocenters. The van der Waals surface area contributed by atoms with Gasteiger partial charge in [0.1, 0.15) is 0 Å². The number of amides is 1. The third kappa shape index (κ3) is 3.91. The van der Waals surface area contributed by atoms with Gasteiger partial charge in [0, 0.05) is 18.0 Å². The van der Waals surface area contributed by atoms with Gasteiger partial charge in [0.25, 0.3) is 5.56 Å². The first kappa shape index (κ1) is 16.8. The maximum Gasteiger partial charge on any atom is 0.275 e. The molecule has 0 aliphatic carbocycles. The molecule has 1 N–H and O–H groups in total. The van der Waals surface area contributed by atoms with Crippen LogP contribution in [-0.2, 0) is 17.9 Å². The smallest absolute Gasteiger partial charge is 0.275 e. The van der Waals surface area contributed by atoms with Crippen molar-refractivity contribution in [2.75, 3.05) is 0 Å². The summed E-state index contributed by atoms with van der Waals surface area (Å²) in [7, 11) is 0. The van der Waals surface area contributed by atoms with E-state index in [1.165, 1.54) is 4.68 Å². The van der Waals surface area contributed by atoms with Gasteiger partial charge in [-0.1, -0.05) is 31.2 Å². The number of carbonyl (C=O) groups excluding carboxylic acids is 1. The Balaban J connectivity index is 1.98. The van der Waals surface area contributed by atoms with Crippen LogP contribution in [0.4, 0.5) is 0 Å². The van der Waals surface area contributed by atoms with Gasteiger partial charge in [0.05, 0.1) is 29.9 Å². The maximum absolute atomic E-state index is 12.7. The summed E-state index contributed by atoms with van der Waals surface area (Å²) in [5.41, 5.74) is 1.27. The van der Waals surface area contributed by atoms with Crippen molar-refractivity contribution in [2.45, 2.75) is 32.9 Å². The van der Waals surface area contributed by atoms with Crippen LogP contribution in [0.3, 0.4) is 0 Å². The number of nitrogens with zero attached hydrogens (tertiary/aromatic N) is 3. The molecule has 0 unspecified atom stereocenters. The van der Waals surface area contributed by atoms with Crippen molar-refractivity contribution in [1.82, 2.24) is 20.1 Å². The summed E-state index contributed by atoms with van der Waals surface area (Å²) < 4.78 is 1.41. The number of rotatable bonds is 6. The third-order valence-corrected chi connectivity index (χ3v) is 3.91. The summed E-state index contributed by atoms with van der Waals surface area (Å²) in [6, 6.07) is 12.9. The van der Waals surface area contributed by atoms with Crippen LogP contribution in [0.5, 0.6) is 0 Å². The molecular formula is C19H20N4O2. The molecule has 1 aromatic carbocycles. The van der Waals surface area contributed by atoms with Crippen LogP contribution in [0.25, 0.3) is 10.8 Å². The number of benzene rings is 1. The van der Waals surface area contributed by atoms with Gasteiger partial charge in [0.2, 0.25) is 5.91 Å². The summed E-state index contributed by atoms with van der Waals surface area (Å²) in [5.74, 6) is -0.0177. The average molecular weight is 336 g/mol. The van der Waals surface area contributed by atoms with E-state index in [2.05, 4.69) is 15.4 Å². The highest BCUT2D eigenvalue weighted by molar-refractivity contribution is 5.84. The lowest BCUT2D eigenvalue weighted by Crippen LogP contribution is -2.29. The highest BCUT2D eigenvalue weighted by Gasteiger charge is 2.11. The van der Waals surface area contributed by atoms with Crippen molar-refractivity contribution in [3.8, 4) is 0 Å². The van der Waals surface area contributed by atoms with Crippen molar-refractivity contribution in [3.05, 3.63) is 70.4 Å². The fraction of sp³-hybridized carbons (Fsp3) is 0.263. The van der Waals surface area contributed by atoms with E-state index in [1.54, 1.807) is 12.3 Å². The molecule has 0 saturated carbocycles. The van der Waals surface area contributed by atoms with Gasteiger partial charge in [-0.2, -0.15) is 5.10 Å². The van der Waals surface area contributed by atoms with Crippen molar-refractivity contribution in [3.63, 3.8) is 0 Å². The molecule has 1 amide bonds. The minimum atomic E-state index is -0.162. The van der Waals surface area contributed by atoms with Crippen LogP contribution in [0.15, 0.2) is 53.5 Å². The molecule has 6 heteroatoms. The Hall–Kier alpha value is -3.02. The molecule has 0 bridgehead atoms. The molecule has 2 aromatic heterocycles. The van der Waals surface area contributed by atoms with Crippen molar-refractivity contribution in [2.24, 2.45) is 0 Å². The SMILES string of the molecule is CCCC(=O)NCc1nn(Cc2ccccn2)c(=O)c2ccccc12. The Morgan fingerprint density at radius 3 is 2.60 bits per heavy atom. The molecule has 0 spiro atoms. The molecule has 3 aromatic rings. The van der Waals surface area contributed by atoms with E-state index in [0.717, 1.165) is 17.5 Å². The summed E-state index contributed by atoms with van der Waals surface area (Å²) in [5, 5.41) is 8.70. The lowest BCUT2D eigenvalue weighted by atomic mass is 10.1. The summed E-state index contributed by atoms with van der Waals surface area (Å²) in [6.07, 6.45) is 2.96. The Bertz CT molecular complexity index is 935. The zero-order valence-corrected chi connectivity index (χ0v) is 14.1. The van der Waals surface area contributed by atoms with Gasteiger partial charge in [-0.15, -0.1) is 0 Å². The van der Waals surface area contributed by atoms with Crippen molar-refractivity contribution >= 4 is 16.7 Å². The maximum atomic E-state index is 12.7. The Kier molecular flexibility index (Phi) is 5.18. The molecule has 0 aliphatic heterocycles. The van der Waals surface area contributed by atoms with E-state index >= 15 is 0 Å². The zero-order valence-electron chi connectivity index (χ0n) is 14.1. The Labute approximate surface area is 145 Å². The van der Waals surface area contributed by atoms with Crippen LogP contribution in [0, 0.1) is 0 Å². The first-order valence-electron chi connectivity index (χ1n) is 8.34. The van der Waals surface area contributed by atoms with Gasteiger partial charge >= 0.3 is 0 Å². The molecule has 128 valence electrons. The number of nitrogens with one attached hydrogen (secondary N) is 1. The van der Waals surface area contributed by atoms with E-state index in [9.17, 15) is 9.59 Å². The predicted octanol–water partition coefficient (Wildman–Crippen LogP) is 2.26. The molecule has 0 radical (unpaired) electrons. The van der Waals surface area contributed by atoms with E-state index < -0.39 is 0 Å². The van der Waals surface area contributed by atoms with E-state index in [4.69, 9.17) is 0 Å². The third-order valence-electron chi connectivity index (χ3n) is 3.91. The van der Waals surface area contributed by atoms with Crippen molar-refractivity contribution in [1.29, 1.82) is 0 Å². The van der Waals surface area contributed by atoms with Crippen LogP contribution >= 0.6 is 0 Å². The molecule has 6 nitrogen and oxygen atoms in total. The van der Waals surface area contributed by atoms with Crippen LogP contribution < -0.4 is 10.9 Å². The van der Waals surface area contributed by atoms with E-state index in [-0.39, 0.29) is 11.5 Å². The van der Waals surface area contributed by atoms with E-state index in [1.807, 2.05) is 43.3 Å². The molecule has 3 rings (SSSR count). The van der Waals surface area contributed by atoms with E-state index in [0.29, 0.717) is 30.6 Å². The molecular weight excluding hydrogens is 316 g/mol. The highest BCUT2D eigenvalue weighted by atomic mass is 16.1. The fourth-order valence-electron chi connectivity index (χ4n) is 2.69. The Morgan fingerprint density at radius 1 is 1.12 bits per heavy atom. The number of fused-ring (bicyclic) bond motifs is 1. The van der Waals surface area contributed by atoms with Crippen LogP contribution in [0.1, 0.15) is 31.2 Å². The summed E-state index contributed by atoms with van der Waals surface area (Å²) in [6.45, 7) is 2.54. The first-order valence-corrected chi connectivity index (χ1v) is 8.34. The summed E-state index contributed by atoms with van der Waals surface area (Å²) >= 11 is 0. The van der Waals surface area contributed by atoms with Gasteiger partial charge in [-0.3, -0.25) is 14.6 Å². The monoisotopic (exact) mass is 336 g/mol. The largest absolute Gasteiger partial charge is 0.350 e. The molecule has 0 saturated heterocycles. The minimum Gasteiger partial charge on any atom is -0.350 e. The lowest BCUT2D eigenvalue weighted by Gasteiger charge is -2.11. The van der Waals surface area contributed by atoms with Gasteiger partial charge < -0.3 is 5.32 Å². The topological polar surface area (TPSA) is 76.9 Å². The zero-order chi connectivity index (χ0) is 17.6. The van der Waals surface area contributed by atoms with Crippen molar-refractivity contribution < 1.29 is 4.79 Å². The second-order valence-electron chi connectivity index (χ2n) is 5.80. The summed E-state index contributed by atoms with van der Waals surface area (Å²) in [4.78, 5) is 28.7. The normalized spacial score (nSPS) is 10.8. The number of hydrogen-bond acceptors (Lipinski definition) is 4. The average Bonchev–Trinajstić information content (AvgIpc) is 2.64. The predicted molar refractivity (Wildman–Crippen MR) is 96.1 cm³/mol. The Morgan fingerprint density at radius 2 is 1.88 bits per heavy atom. The molecule has 0 aliphatic rings. The van der Waals surface area contributed by atoms with Gasteiger partial charge in [-0.05, 0) is 24.6 Å². The lowest BCUT2D eigenvalue weighted by molar-refractivity contribution is -0.121. The number of pyridine rings is 1. The van der Waals surface area contributed by atoms with Crippen LogP contribution in [0.2, 0.25) is 0 Å². The number of carbonyl (C=O) groups is 1. The first-order chi connectivity index (χ1) is 12.2. The highest BCUT2D eigenvalue weighted by Crippen LogP contribution is 2.13. The molecule has 0 fully saturated rings. The van der Waals surface area contributed by atoms with Crippen LogP contribution in [-0.4, -0.2) is 20.7 Å². The van der Waals surface area contributed by atoms with Gasteiger partial charge in [0.15, 0.2) is 0 Å².